The van der Waals surface area contributed by atoms with Gasteiger partial charge in [0.1, 0.15) is 17.9 Å². The van der Waals surface area contributed by atoms with Crippen LogP contribution in [0.5, 0.6) is 0 Å². The summed E-state index contributed by atoms with van der Waals surface area (Å²) in [6.07, 6.45) is -6.39. The molecular weight excluding hydrogens is 324 g/mol. The van der Waals surface area contributed by atoms with Gasteiger partial charge < -0.3 is 10.6 Å². The van der Waals surface area contributed by atoms with Crippen molar-refractivity contribution in [2.75, 3.05) is 18.4 Å². The van der Waals surface area contributed by atoms with Gasteiger partial charge in [-0.1, -0.05) is 6.07 Å². The highest BCUT2D eigenvalue weighted by atomic mass is 19.3. The number of anilines is 1. The van der Waals surface area contributed by atoms with E-state index in [1.165, 1.54) is 12.1 Å². The van der Waals surface area contributed by atoms with Crippen molar-refractivity contribution >= 4 is 16.6 Å². The van der Waals surface area contributed by atoms with Crippen LogP contribution >= 0.6 is 0 Å². The summed E-state index contributed by atoms with van der Waals surface area (Å²) in [5, 5.41) is 15.6. The van der Waals surface area contributed by atoms with Crippen LogP contribution in [0.3, 0.4) is 0 Å². The zero-order valence-corrected chi connectivity index (χ0v) is 12.6. The van der Waals surface area contributed by atoms with Crippen molar-refractivity contribution in [3.63, 3.8) is 0 Å². The van der Waals surface area contributed by atoms with Crippen LogP contribution in [0.25, 0.3) is 10.9 Å². The first-order valence-corrected chi connectivity index (χ1v) is 7.60. The highest BCUT2D eigenvalue weighted by molar-refractivity contribution is 5.94. The number of piperidine rings is 1. The first-order valence-electron chi connectivity index (χ1n) is 7.60. The minimum absolute atomic E-state index is 0.175. The maximum Gasteiger partial charge on any atom is 0.288 e. The Bertz CT molecular complexity index is 767. The van der Waals surface area contributed by atoms with Crippen LogP contribution in [0.1, 0.15) is 18.4 Å². The van der Waals surface area contributed by atoms with E-state index in [2.05, 4.69) is 10.6 Å². The minimum Gasteiger partial charge on any atom is -0.379 e. The molecule has 3 unspecified atom stereocenters. The summed E-state index contributed by atoms with van der Waals surface area (Å²) in [6, 6.07) is 7.35. The lowest BCUT2D eigenvalue weighted by Gasteiger charge is -2.28. The standard InChI is InChI=1S/C16H16F4N4/c17-11-8-22-5-4-13(11)23-12-2-1-3-14-10(12)6-9(7-21)24(14)16(20)15(18)19/h1-3,6,11,13,15-16,22-23H,4-5,8H2. The van der Waals surface area contributed by atoms with Crippen LogP contribution in [-0.4, -0.2) is 36.3 Å². The van der Waals surface area contributed by atoms with Crippen LogP contribution in [0.2, 0.25) is 0 Å². The molecule has 1 aliphatic heterocycles. The summed E-state index contributed by atoms with van der Waals surface area (Å²) in [6.45, 7) is 0.895. The fourth-order valence-electron chi connectivity index (χ4n) is 3.02. The van der Waals surface area contributed by atoms with Gasteiger partial charge in [0, 0.05) is 17.6 Å². The van der Waals surface area contributed by atoms with Crippen molar-refractivity contribution in [3.05, 3.63) is 30.0 Å². The fourth-order valence-corrected chi connectivity index (χ4v) is 3.02. The van der Waals surface area contributed by atoms with Gasteiger partial charge in [-0.3, -0.25) is 4.57 Å². The van der Waals surface area contributed by atoms with Crippen molar-refractivity contribution in [1.29, 1.82) is 5.26 Å². The van der Waals surface area contributed by atoms with Crippen LogP contribution in [0, 0.1) is 11.3 Å². The van der Waals surface area contributed by atoms with Crippen LogP contribution in [-0.2, 0) is 0 Å². The summed E-state index contributed by atoms with van der Waals surface area (Å²) >= 11 is 0. The second kappa shape index (κ2) is 6.69. The van der Waals surface area contributed by atoms with E-state index in [1.54, 1.807) is 18.2 Å². The molecule has 128 valence electrons. The lowest BCUT2D eigenvalue weighted by molar-refractivity contribution is 0.0102. The number of hydrogen-bond donors (Lipinski definition) is 2. The SMILES string of the molecule is N#Cc1cc2c(NC3CCNCC3F)cccc2n1C(F)C(F)F. The Kier molecular flexibility index (Phi) is 4.62. The number of rotatable bonds is 4. The van der Waals surface area contributed by atoms with Crippen molar-refractivity contribution in [2.45, 2.75) is 31.4 Å². The van der Waals surface area contributed by atoms with E-state index in [4.69, 9.17) is 5.26 Å². The van der Waals surface area contributed by atoms with E-state index in [-0.39, 0.29) is 17.8 Å². The van der Waals surface area contributed by atoms with E-state index in [0.29, 0.717) is 28.6 Å². The third kappa shape index (κ3) is 2.91. The van der Waals surface area contributed by atoms with Crippen molar-refractivity contribution in [1.82, 2.24) is 9.88 Å². The highest BCUT2D eigenvalue weighted by Gasteiger charge is 2.28. The molecule has 0 saturated carbocycles. The molecule has 0 amide bonds. The fraction of sp³-hybridized carbons (Fsp3) is 0.438. The minimum atomic E-state index is -3.25. The lowest BCUT2D eigenvalue weighted by atomic mass is 10.0. The summed E-state index contributed by atoms with van der Waals surface area (Å²) < 4.78 is 54.1. The summed E-state index contributed by atoms with van der Waals surface area (Å²) in [7, 11) is 0. The van der Waals surface area contributed by atoms with E-state index < -0.39 is 24.9 Å². The Morgan fingerprint density at radius 1 is 1.33 bits per heavy atom. The molecule has 4 nitrogen and oxygen atoms in total. The van der Waals surface area contributed by atoms with E-state index in [1.807, 2.05) is 0 Å². The summed E-state index contributed by atoms with van der Waals surface area (Å²) in [4.78, 5) is 0. The molecule has 2 aromatic rings. The Labute approximate surface area is 136 Å². The normalized spacial score (nSPS) is 22.5. The predicted octanol–water partition coefficient (Wildman–Crippen LogP) is 3.36. The number of aromatic nitrogens is 1. The molecule has 0 spiro atoms. The zero-order valence-electron chi connectivity index (χ0n) is 12.6. The number of benzene rings is 1. The molecule has 0 bridgehead atoms. The third-order valence-corrected chi connectivity index (χ3v) is 4.20. The Balaban J connectivity index is 2.03. The topological polar surface area (TPSA) is 52.8 Å². The van der Waals surface area contributed by atoms with Gasteiger partial charge in [0.05, 0.1) is 11.6 Å². The molecule has 1 aromatic heterocycles. The average molecular weight is 340 g/mol. The van der Waals surface area contributed by atoms with Gasteiger partial charge in [-0.05, 0) is 31.2 Å². The number of nitrogens with zero attached hydrogens (tertiary/aromatic N) is 2. The molecule has 2 heterocycles. The highest BCUT2D eigenvalue weighted by Crippen LogP contribution is 2.33. The predicted molar refractivity (Wildman–Crippen MR) is 82.6 cm³/mol. The summed E-state index contributed by atoms with van der Waals surface area (Å²) in [5.74, 6) is 0. The second-order valence-electron chi connectivity index (χ2n) is 5.72. The van der Waals surface area contributed by atoms with Gasteiger partial charge in [-0.15, -0.1) is 0 Å². The second-order valence-corrected chi connectivity index (χ2v) is 5.72. The maximum atomic E-state index is 14.0. The third-order valence-electron chi connectivity index (χ3n) is 4.20. The van der Waals surface area contributed by atoms with Crippen molar-refractivity contribution in [2.24, 2.45) is 0 Å². The molecule has 24 heavy (non-hydrogen) atoms. The molecule has 1 saturated heterocycles. The molecule has 3 rings (SSSR count). The summed E-state index contributed by atoms with van der Waals surface area (Å²) in [5.41, 5.74) is 0.474. The molecule has 2 N–H and O–H groups in total. The number of nitriles is 1. The molecule has 1 fully saturated rings. The van der Waals surface area contributed by atoms with Gasteiger partial charge in [0.25, 0.3) is 6.43 Å². The van der Waals surface area contributed by atoms with Gasteiger partial charge in [0.2, 0.25) is 6.30 Å². The van der Waals surface area contributed by atoms with Gasteiger partial charge >= 0.3 is 0 Å². The smallest absolute Gasteiger partial charge is 0.288 e. The van der Waals surface area contributed by atoms with Crippen molar-refractivity contribution in [3.8, 4) is 6.07 Å². The van der Waals surface area contributed by atoms with Crippen LogP contribution in [0.4, 0.5) is 23.2 Å². The average Bonchev–Trinajstić information content (AvgIpc) is 2.95. The Morgan fingerprint density at radius 2 is 2.12 bits per heavy atom. The van der Waals surface area contributed by atoms with E-state index in [9.17, 15) is 17.6 Å². The molecular formula is C16H16F4N4. The monoisotopic (exact) mass is 340 g/mol. The molecule has 1 aliphatic rings. The Hall–Kier alpha value is -2.27. The number of nitrogens with one attached hydrogen (secondary N) is 2. The first-order chi connectivity index (χ1) is 11.5. The molecule has 8 heteroatoms. The van der Waals surface area contributed by atoms with E-state index >= 15 is 0 Å². The number of fused-ring (bicyclic) bond motifs is 1. The largest absolute Gasteiger partial charge is 0.379 e. The number of halogens is 4. The molecule has 0 aliphatic carbocycles. The quantitative estimate of drug-likeness (QED) is 0.839. The van der Waals surface area contributed by atoms with Gasteiger partial charge in [-0.25, -0.2) is 17.6 Å². The maximum absolute atomic E-state index is 14.0. The molecule has 3 atom stereocenters. The molecule has 1 aromatic carbocycles. The zero-order chi connectivity index (χ0) is 17.3. The van der Waals surface area contributed by atoms with Gasteiger partial charge in [-0.2, -0.15) is 5.26 Å². The van der Waals surface area contributed by atoms with E-state index in [0.717, 1.165) is 0 Å². The lowest BCUT2D eigenvalue weighted by Crippen LogP contribution is -2.45. The van der Waals surface area contributed by atoms with Crippen LogP contribution in [0.15, 0.2) is 24.3 Å². The van der Waals surface area contributed by atoms with Gasteiger partial charge in [0.15, 0.2) is 0 Å². The Morgan fingerprint density at radius 3 is 2.79 bits per heavy atom. The first kappa shape index (κ1) is 16.6. The molecule has 0 radical (unpaired) electrons. The van der Waals surface area contributed by atoms with Crippen molar-refractivity contribution < 1.29 is 17.6 Å². The number of hydrogen-bond acceptors (Lipinski definition) is 3. The van der Waals surface area contributed by atoms with Crippen LogP contribution < -0.4 is 10.6 Å². The number of alkyl halides is 4.